The Morgan fingerprint density at radius 1 is 1.19 bits per heavy atom. The van der Waals surface area contributed by atoms with Gasteiger partial charge in [0, 0.05) is 19.1 Å². The lowest BCUT2D eigenvalue weighted by atomic mass is 10.1. The third-order valence-electron chi connectivity index (χ3n) is 4.85. The second-order valence-corrected chi connectivity index (χ2v) is 6.26. The number of piperidine rings is 1. The van der Waals surface area contributed by atoms with E-state index in [1.165, 1.54) is 32.4 Å². The minimum atomic E-state index is -0.824. The molecule has 3 rings (SSSR count). The second kappa shape index (κ2) is 6.06. The van der Waals surface area contributed by atoms with Gasteiger partial charge in [0.25, 0.3) is 0 Å². The number of nitrogens with zero attached hydrogens (tertiary/aromatic N) is 2. The van der Waals surface area contributed by atoms with E-state index in [1.54, 1.807) is 6.07 Å². The molecule has 0 amide bonds. The van der Waals surface area contributed by atoms with Gasteiger partial charge in [-0.2, -0.15) is 0 Å². The maximum Gasteiger partial charge on any atom is 0.337 e. The molecule has 2 saturated heterocycles. The molecule has 1 aromatic carbocycles. The first-order valence-electron chi connectivity index (χ1n) is 7.98. The van der Waals surface area contributed by atoms with Crippen LogP contribution in [0.5, 0.6) is 0 Å². The van der Waals surface area contributed by atoms with Gasteiger partial charge in [-0.1, -0.05) is 18.6 Å². The Hall–Kier alpha value is -1.55. The number of para-hydroxylation sites is 1. The topological polar surface area (TPSA) is 43.8 Å². The van der Waals surface area contributed by atoms with Crippen LogP contribution in [0.25, 0.3) is 0 Å². The zero-order valence-corrected chi connectivity index (χ0v) is 12.7. The average Bonchev–Trinajstić information content (AvgIpc) is 2.97. The van der Waals surface area contributed by atoms with E-state index in [4.69, 9.17) is 0 Å². The summed E-state index contributed by atoms with van der Waals surface area (Å²) in [7, 11) is 0. The van der Waals surface area contributed by atoms with Crippen LogP contribution in [0.3, 0.4) is 0 Å². The van der Waals surface area contributed by atoms with Crippen molar-refractivity contribution in [1.82, 2.24) is 4.90 Å². The Labute approximate surface area is 126 Å². The molecule has 21 heavy (non-hydrogen) atoms. The van der Waals surface area contributed by atoms with Crippen LogP contribution in [0.15, 0.2) is 18.2 Å². The zero-order chi connectivity index (χ0) is 14.8. The Morgan fingerprint density at radius 3 is 2.67 bits per heavy atom. The zero-order valence-electron chi connectivity index (χ0n) is 12.7. The summed E-state index contributed by atoms with van der Waals surface area (Å²) < 4.78 is 0. The molecule has 0 bridgehead atoms. The van der Waals surface area contributed by atoms with Crippen LogP contribution < -0.4 is 4.90 Å². The highest BCUT2D eigenvalue weighted by atomic mass is 16.4. The lowest BCUT2D eigenvalue weighted by molar-refractivity contribution is 0.0697. The molecule has 1 aromatic rings. The number of carbonyl (C=O) groups is 1. The minimum Gasteiger partial charge on any atom is -0.478 e. The lowest BCUT2D eigenvalue weighted by Crippen LogP contribution is -2.41. The van der Waals surface area contributed by atoms with Crippen molar-refractivity contribution in [3.63, 3.8) is 0 Å². The Kier molecular flexibility index (Phi) is 4.15. The summed E-state index contributed by atoms with van der Waals surface area (Å²) in [5.74, 6) is -0.824. The number of aromatic carboxylic acids is 1. The van der Waals surface area contributed by atoms with E-state index < -0.39 is 5.97 Å². The fraction of sp³-hybridized carbons (Fsp3) is 0.588. The molecule has 4 nitrogen and oxygen atoms in total. The fourth-order valence-corrected chi connectivity index (χ4v) is 3.78. The molecule has 0 aromatic heterocycles. The van der Waals surface area contributed by atoms with Gasteiger partial charge in [-0.25, -0.2) is 4.79 Å². The summed E-state index contributed by atoms with van der Waals surface area (Å²) in [6.45, 7) is 6.35. The minimum absolute atomic E-state index is 0.439. The molecule has 0 aliphatic carbocycles. The highest BCUT2D eigenvalue weighted by Gasteiger charge is 2.30. The third-order valence-corrected chi connectivity index (χ3v) is 4.85. The van der Waals surface area contributed by atoms with Crippen LogP contribution in [0.1, 0.15) is 41.6 Å². The van der Waals surface area contributed by atoms with E-state index in [1.807, 2.05) is 19.1 Å². The van der Waals surface area contributed by atoms with Gasteiger partial charge in [-0.15, -0.1) is 0 Å². The van der Waals surface area contributed by atoms with Crippen LogP contribution in [-0.4, -0.2) is 48.2 Å². The van der Waals surface area contributed by atoms with Crippen LogP contribution in [0.4, 0.5) is 5.69 Å². The highest BCUT2D eigenvalue weighted by Crippen LogP contribution is 2.30. The molecule has 2 aliphatic heterocycles. The maximum absolute atomic E-state index is 11.5. The summed E-state index contributed by atoms with van der Waals surface area (Å²) >= 11 is 0. The normalized spacial score (nSPS) is 23.5. The number of benzene rings is 1. The van der Waals surface area contributed by atoms with Crippen molar-refractivity contribution in [2.24, 2.45) is 0 Å². The Balaban J connectivity index is 1.78. The van der Waals surface area contributed by atoms with Gasteiger partial charge < -0.3 is 10.0 Å². The van der Waals surface area contributed by atoms with Gasteiger partial charge in [0.1, 0.15) is 0 Å². The number of aryl methyl sites for hydroxylation is 1. The SMILES string of the molecule is Cc1cccc(C(=O)O)c1N1CCC(N2CCCCC2)C1. The predicted octanol–water partition coefficient (Wildman–Crippen LogP) is 2.76. The molecule has 0 radical (unpaired) electrons. The molecular weight excluding hydrogens is 264 g/mol. The average molecular weight is 288 g/mol. The monoisotopic (exact) mass is 288 g/mol. The van der Waals surface area contributed by atoms with E-state index in [2.05, 4.69) is 9.80 Å². The largest absolute Gasteiger partial charge is 0.478 e. The second-order valence-electron chi connectivity index (χ2n) is 6.26. The van der Waals surface area contributed by atoms with E-state index in [9.17, 15) is 9.90 Å². The van der Waals surface area contributed by atoms with E-state index in [0.29, 0.717) is 11.6 Å². The van der Waals surface area contributed by atoms with Crippen LogP contribution in [0, 0.1) is 6.92 Å². The number of anilines is 1. The highest BCUT2D eigenvalue weighted by molar-refractivity contribution is 5.95. The number of carboxylic acid groups (broad SMARTS) is 1. The van der Waals surface area contributed by atoms with Gasteiger partial charge >= 0.3 is 5.97 Å². The van der Waals surface area contributed by atoms with Gasteiger partial charge in [-0.05, 0) is 50.9 Å². The van der Waals surface area contributed by atoms with Crippen LogP contribution >= 0.6 is 0 Å². The molecular formula is C17H24N2O2. The summed E-state index contributed by atoms with van der Waals surface area (Å²) in [4.78, 5) is 16.4. The Bertz CT molecular complexity index is 524. The van der Waals surface area contributed by atoms with Crippen molar-refractivity contribution < 1.29 is 9.90 Å². The lowest BCUT2D eigenvalue weighted by Gasteiger charge is -2.32. The van der Waals surface area contributed by atoms with Crippen molar-refractivity contribution in [2.45, 2.75) is 38.6 Å². The first-order chi connectivity index (χ1) is 10.2. The van der Waals surface area contributed by atoms with Crippen molar-refractivity contribution in [3.8, 4) is 0 Å². The molecule has 2 fully saturated rings. The first-order valence-corrected chi connectivity index (χ1v) is 7.98. The number of hydrogen-bond donors (Lipinski definition) is 1. The maximum atomic E-state index is 11.5. The number of likely N-dealkylation sites (tertiary alicyclic amines) is 1. The van der Waals surface area contributed by atoms with Gasteiger partial charge in [0.2, 0.25) is 0 Å². The van der Waals surface area contributed by atoms with Gasteiger partial charge in [0.15, 0.2) is 0 Å². The molecule has 114 valence electrons. The van der Waals surface area contributed by atoms with Crippen LogP contribution in [0.2, 0.25) is 0 Å². The fourth-order valence-electron chi connectivity index (χ4n) is 3.78. The molecule has 4 heteroatoms. The predicted molar refractivity (Wildman–Crippen MR) is 84.2 cm³/mol. The summed E-state index contributed by atoms with van der Waals surface area (Å²) in [6, 6.07) is 6.15. The molecule has 1 atom stereocenters. The summed E-state index contributed by atoms with van der Waals surface area (Å²) in [6.07, 6.45) is 5.11. The van der Waals surface area contributed by atoms with Crippen molar-refractivity contribution >= 4 is 11.7 Å². The number of rotatable bonds is 3. The first kappa shape index (κ1) is 14.4. The molecule has 1 N–H and O–H groups in total. The molecule has 0 saturated carbocycles. The Morgan fingerprint density at radius 2 is 1.95 bits per heavy atom. The van der Waals surface area contributed by atoms with Crippen LogP contribution in [-0.2, 0) is 0 Å². The number of carboxylic acids is 1. The standard InChI is InChI=1S/C17H24N2O2/c1-13-6-5-7-15(17(20)21)16(13)19-11-8-14(12-19)18-9-3-2-4-10-18/h5-7,14H,2-4,8-12H2,1H3,(H,20,21). The summed E-state index contributed by atoms with van der Waals surface area (Å²) in [5, 5.41) is 9.43. The van der Waals surface area contributed by atoms with E-state index in [0.717, 1.165) is 30.8 Å². The molecule has 0 spiro atoms. The van der Waals surface area contributed by atoms with Crippen molar-refractivity contribution in [3.05, 3.63) is 29.3 Å². The quantitative estimate of drug-likeness (QED) is 0.929. The number of hydrogen-bond acceptors (Lipinski definition) is 3. The van der Waals surface area contributed by atoms with Gasteiger partial charge in [-0.3, -0.25) is 4.90 Å². The smallest absolute Gasteiger partial charge is 0.337 e. The molecule has 2 heterocycles. The van der Waals surface area contributed by atoms with E-state index in [-0.39, 0.29) is 0 Å². The molecule has 2 aliphatic rings. The van der Waals surface area contributed by atoms with Crippen molar-refractivity contribution in [2.75, 3.05) is 31.1 Å². The van der Waals surface area contributed by atoms with E-state index >= 15 is 0 Å². The molecule has 1 unspecified atom stereocenters. The van der Waals surface area contributed by atoms with Crippen molar-refractivity contribution in [1.29, 1.82) is 0 Å². The third kappa shape index (κ3) is 2.91. The van der Waals surface area contributed by atoms with Gasteiger partial charge in [0.05, 0.1) is 11.3 Å². The summed E-state index contributed by atoms with van der Waals surface area (Å²) in [5.41, 5.74) is 2.42.